The summed E-state index contributed by atoms with van der Waals surface area (Å²) in [4.78, 5) is 27.7. The molecule has 150 valence electrons. The van der Waals surface area contributed by atoms with Crippen molar-refractivity contribution in [3.63, 3.8) is 0 Å². The molecule has 8 nitrogen and oxygen atoms in total. The number of amides is 1. The molecule has 0 bridgehead atoms. The third kappa shape index (κ3) is 3.71. The van der Waals surface area contributed by atoms with E-state index in [-0.39, 0.29) is 11.3 Å². The second-order valence-electron chi connectivity index (χ2n) is 6.49. The number of aryl methyl sites for hydroxylation is 1. The fraction of sp³-hybridized carbons (Fsp3) is 0.0500. The first-order valence-electron chi connectivity index (χ1n) is 8.69. The largest absolute Gasteiger partial charge is 0.320 e. The van der Waals surface area contributed by atoms with Crippen molar-refractivity contribution in [1.82, 2.24) is 14.6 Å². The summed E-state index contributed by atoms with van der Waals surface area (Å²) in [5.41, 5.74) is 3.84. The van der Waals surface area contributed by atoms with Gasteiger partial charge < -0.3 is 5.32 Å². The number of nitro groups is 1. The number of carbonyl (C=O) groups is 1. The van der Waals surface area contributed by atoms with E-state index in [1.807, 2.05) is 37.3 Å². The Morgan fingerprint density at radius 3 is 2.43 bits per heavy atom. The molecule has 0 aliphatic heterocycles. The number of non-ortho nitro benzene ring substituents is 1. The smallest absolute Gasteiger partial charge is 0.271 e. The molecule has 30 heavy (non-hydrogen) atoms. The van der Waals surface area contributed by atoms with Crippen LogP contribution in [0.2, 0.25) is 0 Å². The molecule has 2 aromatic carbocycles. The van der Waals surface area contributed by atoms with Crippen molar-refractivity contribution < 1.29 is 9.72 Å². The van der Waals surface area contributed by atoms with E-state index in [1.165, 1.54) is 18.3 Å². The van der Waals surface area contributed by atoms with Crippen LogP contribution in [0.25, 0.3) is 16.9 Å². The van der Waals surface area contributed by atoms with Gasteiger partial charge in [-0.3, -0.25) is 14.9 Å². The van der Waals surface area contributed by atoms with Crippen molar-refractivity contribution in [3.8, 4) is 11.3 Å². The Morgan fingerprint density at radius 2 is 1.80 bits per heavy atom. The summed E-state index contributed by atoms with van der Waals surface area (Å²) in [5, 5.41) is 18.1. The van der Waals surface area contributed by atoms with E-state index in [4.69, 9.17) is 0 Å². The number of fused-ring (bicyclic) bond motifs is 1. The Bertz CT molecular complexity index is 1280. The van der Waals surface area contributed by atoms with Gasteiger partial charge >= 0.3 is 0 Å². The quantitative estimate of drug-likeness (QED) is 0.281. The first kappa shape index (κ1) is 20.2. The molecule has 4 aromatic rings. The lowest BCUT2D eigenvalue weighted by Gasteiger charge is -2.09. The molecule has 0 radical (unpaired) electrons. The second-order valence-corrected chi connectivity index (χ2v) is 8.19. The summed E-state index contributed by atoms with van der Waals surface area (Å²) < 4.78 is 2.36. The maximum Gasteiger partial charge on any atom is 0.271 e. The van der Waals surface area contributed by atoms with Crippen molar-refractivity contribution in [2.75, 3.05) is 5.32 Å². The molecule has 4 rings (SSSR count). The van der Waals surface area contributed by atoms with Crippen LogP contribution in [0.15, 0.2) is 63.8 Å². The minimum absolute atomic E-state index is 0.105. The predicted octanol–water partition coefficient (Wildman–Crippen LogP) is 5.39. The summed E-state index contributed by atoms with van der Waals surface area (Å²) in [7, 11) is 0. The van der Waals surface area contributed by atoms with Crippen molar-refractivity contribution in [1.29, 1.82) is 0 Å². The van der Waals surface area contributed by atoms with Gasteiger partial charge in [-0.25, -0.2) is 9.50 Å². The Balaban J connectivity index is 1.71. The molecule has 1 N–H and O–H groups in total. The lowest BCUT2D eigenvalue weighted by molar-refractivity contribution is -0.385. The first-order chi connectivity index (χ1) is 14.3. The van der Waals surface area contributed by atoms with Crippen molar-refractivity contribution in [3.05, 3.63) is 85.0 Å². The van der Waals surface area contributed by atoms with Crippen LogP contribution in [0, 0.1) is 17.0 Å². The zero-order valence-electron chi connectivity index (χ0n) is 15.5. The van der Waals surface area contributed by atoms with E-state index in [2.05, 4.69) is 47.3 Å². The van der Waals surface area contributed by atoms with Crippen LogP contribution in [-0.4, -0.2) is 25.4 Å². The van der Waals surface area contributed by atoms with Gasteiger partial charge in [0.05, 0.1) is 22.5 Å². The molecule has 10 heteroatoms. The number of hydrogen-bond donors (Lipinski definition) is 1. The van der Waals surface area contributed by atoms with Crippen LogP contribution >= 0.6 is 31.9 Å². The zero-order valence-corrected chi connectivity index (χ0v) is 18.6. The topological polar surface area (TPSA) is 102 Å². The maximum atomic E-state index is 12.9. The summed E-state index contributed by atoms with van der Waals surface area (Å²) in [6.45, 7) is 2.01. The van der Waals surface area contributed by atoms with Gasteiger partial charge in [0, 0.05) is 32.8 Å². The molecule has 2 aromatic heterocycles. The molecule has 0 spiro atoms. The number of halogens is 2. The highest BCUT2D eigenvalue weighted by Gasteiger charge is 2.20. The fourth-order valence-corrected chi connectivity index (χ4v) is 4.32. The molecule has 0 unspecified atom stereocenters. The van der Waals surface area contributed by atoms with E-state index in [1.54, 1.807) is 10.7 Å². The van der Waals surface area contributed by atoms with E-state index >= 15 is 0 Å². The molecule has 0 saturated carbocycles. The standard InChI is InChI=1S/C20H13Br2N5O3/c1-11-2-4-12(5-3-11)17-6-7-23-19-14(10-24-26(17)19)20(28)25-18-15(21)8-13(27(29)30)9-16(18)22/h2-10H,1H3,(H,25,28). The first-order valence-corrected chi connectivity index (χ1v) is 10.3. The summed E-state index contributed by atoms with van der Waals surface area (Å²) in [6, 6.07) is 12.4. The number of anilines is 1. The minimum atomic E-state index is -0.511. The molecular formula is C20H13Br2N5O3. The Hall–Kier alpha value is -3.11. The number of nitro benzene ring substituents is 1. The molecule has 0 aliphatic carbocycles. The average molecular weight is 531 g/mol. The summed E-state index contributed by atoms with van der Waals surface area (Å²) >= 11 is 6.54. The highest BCUT2D eigenvalue weighted by molar-refractivity contribution is 9.11. The molecule has 0 aliphatic rings. The Morgan fingerprint density at radius 1 is 1.13 bits per heavy atom. The van der Waals surface area contributed by atoms with Gasteiger partial charge in [-0.15, -0.1) is 0 Å². The molecular weight excluding hydrogens is 518 g/mol. The number of nitrogens with one attached hydrogen (secondary N) is 1. The normalized spacial score (nSPS) is 10.9. The molecule has 0 saturated heterocycles. The highest BCUT2D eigenvalue weighted by Crippen LogP contribution is 2.35. The average Bonchev–Trinajstić information content (AvgIpc) is 3.15. The SMILES string of the molecule is Cc1ccc(-c2ccnc3c(C(=O)Nc4c(Br)cc([N+](=O)[O-])cc4Br)cnn23)cc1. The molecule has 0 fully saturated rings. The van der Waals surface area contributed by atoms with Gasteiger partial charge in [-0.05, 0) is 44.8 Å². The number of aromatic nitrogens is 3. The number of nitrogens with zero attached hydrogens (tertiary/aromatic N) is 4. The van der Waals surface area contributed by atoms with Crippen LogP contribution in [0.5, 0.6) is 0 Å². The van der Waals surface area contributed by atoms with Gasteiger partial charge in [0.1, 0.15) is 5.56 Å². The Kier molecular flexibility index (Phi) is 5.35. The molecule has 2 heterocycles. The second kappa shape index (κ2) is 7.96. The third-order valence-corrected chi connectivity index (χ3v) is 5.72. The predicted molar refractivity (Wildman–Crippen MR) is 120 cm³/mol. The van der Waals surface area contributed by atoms with Crippen molar-refractivity contribution in [2.24, 2.45) is 0 Å². The number of carbonyl (C=O) groups excluding carboxylic acids is 1. The fourth-order valence-electron chi connectivity index (χ4n) is 2.96. The van der Waals surface area contributed by atoms with Gasteiger partial charge in [-0.2, -0.15) is 5.10 Å². The zero-order chi connectivity index (χ0) is 21.4. The van der Waals surface area contributed by atoms with E-state index in [0.717, 1.165) is 16.8 Å². The van der Waals surface area contributed by atoms with Crippen LogP contribution < -0.4 is 5.32 Å². The summed E-state index contributed by atoms with van der Waals surface area (Å²) in [5.74, 6) is -0.436. The van der Waals surface area contributed by atoms with Crippen molar-refractivity contribution >= 4 is 54.8 Å². The highest BCUT2D eigenvalue weighted by atomic mass is 79.9. The van der Waals surface area contributed by atoms with Crippen LogP contribution in [0.3, 0.4) is 0 Å². The Labute approximate surface area is 187 Å². The van der Waals surface area contributed by atoms with Crippen LogP contribution in [0.1, 0.15) is 15.9 Å². The lowest BCUT2D eigenvalue weighted by Crippen LogP contribution is -2.13. The number of hydrogen-bond acceptors (Lipinski definition) is 5. The van der Waals surface area contributed by atoms with Crippen LogP contribution in [0.4, 0.5) is 11.4 Å². The van der Waals surface area contributed by atoms with Crippen LogP contribution in [-0.2, 0) is 0 Å². The van der Waals surface area contributed by atoms with Gasteiger partial charge in [-0.1, -0.05) is 29.8 Å². The lowest BCUT2D eigenvalue weighted by atomic mass is 10.1. The number of benzene rings is 2. The summed E-state index contributed by atoms with van der Waals surface area (Å²) in [6.07, 6.45) is 3.07. The van der Waals surface area contributed by atoms with Crippen molar-refractivity contribution in [2.45, 2.75) is 6.92 Å². The van der Waals surface area contributed by atoms with Gasteiger partial charge in [0.15, 0.2) is 5.65 Å². The molecule has 1 amide bonds. The molecule has 0 atom stereocenters. The number of rotatable bonds is 4. The van der Waals surface area contributed by atoms with E-state index < -0.39 is 10.8 Å². The van der Waals surface area contributed by atoms with E-state index in [0.29, 0.717) is 20.3 Å². The monoisotopic (exact) mass is 529 g/mol. The maximum absolute atomic E-state index is 12.9. The van der Waals surface area contributed by atoms with Gasteiger partial charge in [0.2, 0.25) is 0 Å². The van der Waals surface area contributed by atoms with E-state index in [9.17, 15) is 14.9 Å². The third-order valence-electron chi connectivity index (χ3n) is 4.47. The van der Waals surface area contributed by atoms with Gasteiger partial charge in [0.25, 0.3) is 11.6 Å². The minimum Gasteiger partial charge on any atom is -0.320 e.